The van der Waals surface area contributed by atoms with E-state index in [0.29, 0.717) is 27.6 Å². The van der Waals surface area contributed by atoms with Crippen molar-refractivity contribution < 1.29 is 19.1 Å². The van der Waals surface area contributed by atoms with Crippen LogP contribution in [0.4, 0.5) is 0 Å². The van der Waals surface area contributed by atoms with Crippen molar-refractivity contribution in [3.63, 3.8) is 0 Å². The smallest absolute Gasteiger partial charge is 0.337 e. The number of benzene rings is 1. The SMILES string of the molecule is C=CCOC(=O)C1=C(C)NC(SCC(N)=O)=C(C#N)[C@H]1c1ccccc1OC. The monoisotopic (exact) mass is 399 g/mol. The van der Waals surface area contributed by atoms with Gasteiger partial charge in [0.05, 0.1) is 41.0 Å². The van der Waals surface area contributed by atoms with Gasteiger partial charge in [-0.25, -0.2) is 4.79 Å². The number of carbonyl (C=O) groups excluding carboxylic acids is 2. The van der Waals surface area contributed by atoms with Gasteiger partial charge in [-0.15, -0.1) is 0 Å². The number of carbonyl (C=O) groups is 2. The zero-order valence-electron chi connectivity index (χ0n) is 15.7. The first-order chi connectivity index (χ1) is 13.4. The Morgan fingerprint density at radius 1 is 1.43 bits per heavy atom. The molecule has 0 saturated carbocycles. The number of primary amides is 1. The highest BCUT2D eigenvalue weighted by molar-refractivity contribution is 8.03. The van der Waals surface area contributed by atoms with Crippen LogP contribution in [0, 0.1) is 11.3 Å². The quantitative estimate of drug-likeness (QED) is 0.509. The van der Waals surface area contributed by atoms with E-state index >= 15 is 0 Å². The lowest BCUT2D eigenvalue weighted by molar-refractivity contribution is -0.138. The van der Waals surface area contributed by atoms with E-state index in [0.717, 1.165) is 11.8 Å². The third-order valence-corrected chi connectivity index (χ3v) is 5.05. The molecule has 0 spiro atoms. The minimum atomic E-state index is -0.713. The van der Waals surface area contributed by atoms with Gasteiger partial charge in [0.2, 0.25) is 5.91 Å². The zero-order chi connectivity index (χ0) is 20.7. The summed E-state index contributed by atoms with van der Waals surface area (Å²) in [4.78, 5) is 24.0. The summed E-state index contributed by atoms with van der Waals surface area (Å²) in [7, 11) is 1.52. The predicted molar refractivity (Wildman–Crippen MR) is 107 cm³/mol. The molecule has 0 aromatic heterocycles. The van der Waals surface area contributed by atoms with Crippen molar-refractivity contribution in [3.8, 4) is 11.8 Å². The van der Waals surface area contributed by atoms with Crippen LogP contribution in [-0.2, 0) is 14.3 Å². The number of nitrogens with one attached hydrogen (secondary N) is 1. The minimum Gasteiger partial charge on any atom is -0.496 e. The summed E-state index contributed by atoms with van der Waals surface area (Å²) in [5.74, 6) is -1.26. The topological polar surface area (TPSA) is 114 Å². The normalized spacial score (nSPS) is 16.1. The first-order valence-corrected chi connectivity index (χ1v) is 9.37. The maximum Gasteiger partial charge on any atom is 0.337 e. The van der Waals surface area contributed by atoms with Crippen LogP contribution in [0.5, 0.6) is 5.75 Å². The van der Waals surface area contributed by atoms with Crippen LogP contribution in [0.25, 0.3) is 0 Å². The van der Waals surface area contributed by atoms with E-state index in [1.807, 2.05) is 0 Å². The molecular weight excluding hydrogens is 378 g/mol. The van der Waals surface area contributed by atoms with Gasteiger partial charge in [-0.05, 0) is 13.0 Å². The molecule has 0 bridgehead atoms. The lowest BCUT2D eigenvalue weighted by atomic mass is 9.82. The highest BCUT2D eigenvalue weighted by atomic mass is 32.2. The molecule has 1 heterocycles. The highest BCUT2D eigenvalue weighted by Gasteiger charge is 2.37. The maximum absolute atomic E-state index is 12.8. The van der Waals surface area contributed by atoms with Crippen LogP contribution in [0.2, 0.25) is 0 Å². The van der Waals surface area contributed by atoms with Gasteiger partial charge < -0.3 is 20.5 Å². The molecule has 0 saturated heterocycles. The summed E-state index contributed by atoms with van der Waals surface area (Å²) in [5, 5.41) is 13.4. The number of allylic oxidation sites excluding steroid dienone is 2. The number of esters is 1. The molecule has 0 aliphatic carbocycles. The number of para-hydroxylation sites is 1. The predicted octanol–water partition coefficient (Wildman–Crippen LogP) is 2.34. The average Bonchev–Trinajstić information content (AvgIpc) is 2.69. The molecular formula is C20H21N3O4S. The van der Waals surface area contributed by atoms with Gasteiger partial charge in [-0.1, -0.05) is 42.6 Å². The number of nitrogens with two attached hydrogens (primary N) is 1. The molecule has 0 fully saturated rings. The van der Waals surface area contributed by atoms with Crippen molar-refractivity contribution in [2.75, 3.05) is 19.5 Å². The Labute approximate surface area is 167 Å². The number of nitriles is 1. The Morgan fingerprint density at radius 2 is 2.14 bits per heavy atom. The molecule has 7 nitrogen and oxygen atoms in total. The van der Waals surface area contributed by atoms with Crippen molar-refractivity contribution in [1.82, 2.24) is 5.32 Å². The van der Waals surface area contributed by atoms with Gasteiger partial charge >= 0.3 is 5.97 Å². The van der Waals surface area contributed by atoms with Gasteiger partial charge in [0, 0.05) is 11.3 Å². The van der Waals surface area contributed by atoms with Crippen LogP contribution in [0.3, 0.4) is 0 Å². The number of hydrogen-bond donors (Lipinski definition) is 2. The Balaban J connectivity index is 2.63. The highest BCUT2D eigenvalue weighted by Crippen LogP contribution is 2.43. The van der Waals surface area contributed by atoms with Crippen LogP contribution < -0.4 is 15.8 Å². The molecule has 0 unspecified atom stereocenters. The molecule has 1 aromatic rings. The van der Waals surface area contributed by atoms with Crippen LogP contribution in [-0.4, -0.2) is 31.3 Å². The second kappa shape index (κ2) is 9.67. The van der Waals surface area contributed by atoms with E-state index in [1.54, 1.807) is 31.2 Å². The fourth-order valence-electron chi connectivity index (χ4n) is 2.87. The van der Waals surface area contributed by atoms with E-state index in [4.69, 9.17) is 15.2 Å². The van der Waals surface area contributed by atoms with Crippen molar-refractivity contribution in [3.05, 3.63) is 64.4 Å². The Bertz CT molecular complexity index is 899. The number of ether oxygens (including phenoxy) is 2. The molecule has 1 aliphatic rings. The minimum absolute atomic E-state index is 0.00428. The molecule has 3 N–H and O–H groups in total. The number of nitrogens with zero attached hydrogens (tertiary/aromatic N) is 1. The lowest BCUT2D eigenvalue weighted by Gasteiger charge is -2.30. The number of rotatable bonds is 8. The van der Waals surface area contributed by atoms with Gasteiger partial charge in [0.25, 0.3) is 0 Å². The van der Waals surface area contributed by atoms with Crippen molar-refractivity contribution in [2.45, 2.75) is 12.8 Å². The third kappa shape index (κ3) is 4.56. The first-order valence-electron chi connectivity index (χ1n) is 8.38. The lowest BCUT2D eigenvalue weighted by Crippen LogP contribution is -2.29. The Kier molecular flexibility index (Phi) is 7.29. The fourth-order valence-corrected chi connectivity index (χ4v) is 3.70. The molecule has 146 valence electrons. The van der Waals surface area contributed by atoms with E-state index in [2.05, 4.69) is 18.0 Å². The Morgan fingerprint density at radius 3 is 2.75 bits per heavy atom. The summed E-state index contributed by atoms with van der Waals surface area (Å²) in [6.07, 6.45) is 1.47. The van der Waals surface area contributed by atoms with E-state index in [-0.39, 0.29) is 17.9 Å². The van der Waals surface area contributed by atoms with Crippen LogP contribution >= 0.6 is 11.8 Å². The molecule has 28 heavy (non-hydrogen) atoms. The molecule has 1 atom stereocenters. The number of thioether (sulfide) groups is 1. The van der Waals surface area contributed by atoms with Crippen molar-refractivity contribution >= 4 is 23.6 Å². The molecule has 0 radical (unpaired) electrons. The van der Waals surface area contributed by atoms with E-state index < -0.39 is 17.8 Å². The van der Waals surface area contributed by atoms with Gasteiger partial charge in [0.1, 0.15) is 12.4 Å². The largest absolute Gasteiger partial charge is 0.496 e. The summed E-state index contributed by atoms with van der Waals surface area (Å²) < 4.78 is 10.7. The third-order valence-electron chi connectivity index (χ3n) is 4.01. The van der Waals surface area contributed by atoms with Crippen molar-refractivity contribution in [2.24, 2.45) is 5.73 Å². The molecule has 1 aliphatic heterocycles. The zero-order valence-corrected chi connectivity index (χ0v) is 16.5. The second-order valence-electron chi connectivity index (χ2n) is 5.84. The molecule has 1 aromatic carbocycles. The van der Waals surface area contributed by atoms with Gasteiger partial charge in [-0.3, -0.25) is 4.79 Å². The van der Waals surface area contributed by atoms with Crippen LogP contribution in [0.1, 0.15) is 18.4 Å². The van der Waals surface area contributed by atoms with E-state index in [1.165, 1.54) is 13.2 Å². The standard InChI is InChI=1S/C20H21N3O4S/c1-4-9-27-20(25)17-12(2)23-19(28-11-16(22)24)14(10-21)18(17)13-7-5-6-8-15(13)26-3/h4-8,18,23H,1,9,11H2,2-3H3,(H2,22,24)/t18-/m1/s1. The number of hydrogen-bond acceptors (Lipinski definition) is 7. The number of methoxy groups -OCH3 is 1. The first kappa shape index (κ1) is 21.1. The molecule has 2 rings (SSSR count). The van der Waals surface area contributed by atoms with Gasteiger partial charge in [0.15, 0.2) is 0 Å². The van der Waals surface area contributed by atoms with Crippen molar-refractivity contribution in [1.29, 1.82) is 5.26 Å². The van der Waals surface area contributed by atoms with E-state index in [9.17, 15) is 14.9 Å². The fraction of sp³-hybridized carbons (Fsp3) is 0.250. The summed E-state index contributed by atoms with van der Waals surface area (Å²) in [6.45, 7) is 5.31. The average molecular weight is 399 g/mol. The molecule has 1 amide bonds. The Hall–Kier alpha value is -3.18. The maximum atomic E-state index is 12.8. The molecule has 8 heteroatoms. The van der Waals surface area contributed by atoms with Crippen LogP contribution in [0.15, 0.2) is 58.8 Å². The summed E-state index contributed by atoms with van der Waals surface area (Å²) in [5.41, 5.74) is 6.99. The number of amides is 1. The van der Waals surface area contributed by atoms with Gasteiger partial charge in [-0.2, -0.15) is 5.26 Å². The second-order valence-corrected chi connectivity index (χ2v) is 6.82. The number of dihydropyridines is 1. The summed E-state index contributed by atoms with van der Waals surface area (Å²) in [6, 6.07) is 9.31. The summed E-state index contributed by atoms with van der Waals surface area (Å²) >= 11 is 1.11.